The first-order chi connectivity index (χ1) is 18.3. The highest BCUT2D eigenvalue weighted by Gasteiger charge is 2.28. The Hall–Kier alpha value is -4.02. The van der Waals surface area contributed by atoms with E-state index in [4.69, 9.17) is 15.2 Å². The van der Waals surface area contributed by atoms with Crippen LogP contribution in [0.25, 0.3) is 0 Å². The number of carbonyl (C=O) groups excluding carboxylic acids is 2. The van der Waals surface area contributed by atoms with Crippen molar-refractivity contribution in [2.75, 3.05) is 29.7 Å². The minimum absolute atomic E-state index is 0.307. The number of allylic oxidation sites excluding steroid dienone is 1. The van der Waals surface area contributed by atoms with Gasteiger partial charge >= 0.3 is 6.09 Å². The molecule has 0 heterocycles. The Balaban J connectivity index is 1.68. The Morgan fingerprint density at radius 3 is 2.50 bits per heavy atom. The van der Waals surface area contributed by atoms with E-state index in [1.165, 1.54) is 25.3 Å². The number of para-hydroxylation sites is 2. The third kappa shape index (κ3) is 8.25. The fourth-order valence-electron chi connectivity index (χ4n) is 3.62. The van der Waals surface area contributed by atoms with Crippen LogP contribution in [0.3, 0.4) is 0 Å². The normalized spacial score (nSPS) is 12.6. The molecule has 0 saturated heterocycles. The molecule has 8 nitrogen and oxygen atoms in total. The number of phenols is 1. The molecule has 0 aliphatic carbocycles. The van der Waals surface area contributed by atoms with Gasteiger partial charge in [0.05, 0.1) is 17.5 Å². The number of aromatic hydroxyl groups is 1. The van der Waals surface area contributed by atoms with Gasteiger partial charge in [-0.2, -0.15) is 0 Å². The molecule has 3 aromatic rings. The molecule has 0 spiro atoms. The number of methoxy groups -OCH3 is 1. The summed E-state index contributed by atoms with van der Waals surface area (Å²) in [6.45, 7) is 0. The van der Waals surface area contributed by atoms with Crippen LogP contribution in [0.4, 0.5) is 26.2 Å². The van der Waals surface area contributed by atoms with Gasteiger partial charge in [-0.05, 0) is 79.3 Å². The van der Waals surface area contributed by atoms with Crippen molar-refractivity contribution in [1.29, 1.82) is 0 Å². The van der Waals surface area contributed by atoms with Gasteiger partial charge in [-0.15, -0.1) is 11.8 Å². The van der Waals surface area contributed by atoms with E-state index in [2.05, 4.69) is 10.6 Å². The van der Waals surface area contributed by atoms with E-state index in [0.29, 0.717) is 35.5 Å². The largest absolute Gasteiger partial charge is 0.505 e. The maximum atomic E-state index is 14.2. The van der Waals surface area contributed by atoms with Crippen molar-refractivity contribution < 1.29 is 28.6 Å². The summed E-state index contributed by atoms with van der Waals surface area (Å²) in [5, 5.41) is 15.0. The number of hydrogen-bond donors (Lipinski definition) is 4. The zero-order valence-corrected chi connectivity index (χ0v) is 21.8. The number of carbonyl (C=O) groups is 2. The minimum atomic E-state index is -0.994. The van der Waals surface area contributed by atoms with Crippen LogP contribution in [0.1, 0.15) is 24.5 Å². The fourth-order valence-corrected chi connectivity index (χ4v) is 4.03. The molecule has 0 fully saturated rings. The summed E-state index contributed by atoms with van der Waals surface area (Å²) in [5.74, 6) is -1.72. The number of anilines is 3. The molecule has 0 unspecified atom stereocenters. The van der Waals surface area contributed by atoms with Crippen molar-refractivity contribution in [1.82, 2.24) is 0 Å². The van der Waals surface area contributed by atoms with E-state index < -0.39 is 29.9 Å². The monoisotopic (exact) mass is 539 g/mol. The van der Waals surface area contributed by atoms with E-state index in [-0.39, 0.29) is 5.91 Å². The molecule has 0 bridgehead atoms. The predicted molar refractivity (Wildman–Crippen MR) is 148 cm³/mol. The molecule has 0 saturated carbocycles. The molecule has 0 aliphatic heterocycles. The molecule has 200 valence electrons. The topological polar surface area (TPSA) is 123 Å². The second kappa shape index (κ2) is 14.1. The SMILES string of the molecule is CO[C@@H](CC/C=C/C(=O)Nc1ccccc1N)[C@@H](OC(=O)Nc1ccc(SC)cc1)c1ccc(O)c(F)c1. The molecular weight excluding hydrogens is 509 g/mol. The zero-order chi connectivity index (χ0) is 27.5. The van der Waals surface area contributed by atoms with Crippen LogP contribution in [0, 0.1) is 5.82 Å². The van der Waals surface area contributed by atoms with Gasteiger partial charge in [0, 0.05) is 17.7 Å². The molecule has 3 rings (SSSR count). The van der Waals surface area contributed by atoms with Gasteiger partial charge in [0.1, 0.15) is 0 Å². The number of amides is 2. The van der Waals surface area contributed by atoms with Gasteiger partial charge in [-0.1, -0.05) is 24.3 Å². The summed E-state index contributed by atoms with van der Waals surface area (Å²) < 4.78 is 25.4. The molecular formula is C28H30FN3O5S. The highest BCUT2D eigenvalue weighted by molar-refractivity contribution is 7.98. The molecule has 38 heavy (non-hydrogen) atoms. The predicted octanol–water partition coefficient (Wildman–Crippen LogP) is 6.12. The molecule has 5 N–H and O–H groups in total. The van der Waals surface area contributed by atoms with E-state index in [0.717, 1.165) is 11.0 Å². The van der Waals surface area contributed by atoms with Crippen LogP contribution in [0.5, 0.6) is 5.75 Å². The lowest BCUT2D eigenvalue weighted by atomic mass is 10.00. The van der Waals surface area contributed by atoms with Gasteiger partial charge in [-0.3, -0.25) is 10.1 Å². The highest BCUT2D eigenvalue weighted by Crippen LogP contribution is 2.30. The zero-order valence-electron chi connectivity index (χ0n) is 21.0. The summed E-state index contributed by atoms with van der Waals surface area (Å²) in [4.78, 5) is 26.0. The van der Waals surface area contributed by atoms with Crippen LogP contribution >= 0.6 is 11.8 Å². The Morgan fingerprint density at radius 1 is 1.11 bits per heavy atom. The molecule has 3 aromatic carbocycles. The molecule has 0 aromatic heterocycles. The van der Waals surface area contributed by atoms with E-state index in [9.17, 15) is 19.1 Å². The average Bonchev–Trinajstić information content (AvgIpc) is 2.91. The number of nitrogens with one attached hydrogen (secondary N) is 2. The lowest BCUT2D eigenvalue weighted by Gasteiger charge is -2.26. The number of nitrogens with two attached hydrogens (primary N) is 1. The number of nitrogen functional groups attached to an aromatic ring is 1. The fraction of sp³-hybridized carbons (Fsp3) is 0.214. The van der Waals surface area contributed by atoms with Crippen LogP contribution in [0.2, 0.25) is 0 Å². The summed E-state index contributed by atoms with van der Waals surface area (Å²) in [5.41, 5.74) is 7.65. The third-order valence-electron chi connectivity index (χ3n) is 5.62. The lowest BCUT2D eigenvalue weighted by Crippen LogP contribution is -2.28. The Labute approximate surface area is 225 Å². The second-order valence-corrected chi connectivity index (χ2v) is 9.10. The van der Waals surface area contributed by atoms with Crippen molar-refractivity contribution in [3.05, 3.63) is 90.3 Å². The van der Waals surface area contributed by atoms with E-state index >= 15 is 0 Å². The Bertz CT molecular complexity index is 1270. The van der Waals surface area contributed by atoms with Crippen molar-refractivity contribution in [3.63, 3.8) is 0 Å². The number of benzene rings is 3. The smallest absolute Gasteiger partial charge is 0.412 e. The molecule has 10 heteroatoms. The average molecular weight is 540 g/mol. The van der Waals surface area contributed by atoms with Crippen LogP contribution in [-0.4, -0.2) is 36.6 Å². The summed E-state index contributed by atoms with van der Waals surface area (Å²) >= 11 is 1.57. The maximum absolute atomic E-state index is 14.2. The first kappa shape index (κ1) is 28.5. The lowest BCUT2D eigenvalue weighted by molar-refractivity contribution is -0.111. The van der Waals surface area contributed by atoms with Gasteiger partial charge in [0.2, 0.25) is 5.91 Å². The quantitative estimate of drug-likeness (QED) is 0.132. The van der Waals surface area contributed by atoms with Gasteiger partial charge < -0.3 is 25.6 Å². The first-order valence-electron chi connectivity index (χ1n) is 11.8. The van der Waals surface area contributed by atoms with Gasteiger partial charge in [0.15, 0.2) is 17.7 Å². The standard InChI is InChI=1S/C28H30FN3O5S/c1-36-25(9-5-6-10-26(34)32-23-8-4-3-7-22(23)30)27(18-11-16-24(33)21(29)17-18)37-28(35)31-19-12-14-20(38-2)15-13-19/h3-4,6-8,10-17,25,27,33H,5,9,30H2,1-2H3,(H,31,35)(H,32,34)/b10-6+/t25-,27-/m0/s1. The van der Waals surface area contributed by atoms with Crippen LogP contribution in [0.15, 0.2) is 83.8 Å². The number of halogens is 1. The Morgan fingerprint density at radius 2 is 1.84 bits per heavy atom. The maximum Gasteiger partial charge on any atom is 0.412 e. The van der Waals surface area contributed by atoms with Crippen molar-refractivity contribution in [2.24, 2.45) is 0 Å². The minimum Gasteiger partial charge on any atom is -0.505 e. The number of phenolic OH excluding ortho intramolecular Hbond substituents is 1. The molecule has 0 aliphatic rings. The third-order valence-corrected chi connectivity index (χ3v) is 6.36. The number of ether oxygens (including phenoxy) is 2. The van der Waals surface area contributed by atoms with Crippen LogP contribution < -0.4 is 16.4 Å². The van der Waals surface area contributed by atoms with Crippen molar-refractivity contribution in [3.8, 4) is 5.75 Å². The molecule has 2 amide bonds. The highest BCUT2D eigenvalue weighted by atomic mass is 32.2. The van der Waals surface area contributed by atoms with E-state index in [1.807, 2.05) is 18.4 Å². The summed E-state index contributed by atoms with van der Waals surface area (Å²) in [6, 6.07) is 17.9. The van der Waals surface area contributed by atoms with Crippen LogP contribution in [-0.2, 0) is 14.3 Å². The molecule has 0 radical (unpaired) electrons. The number of rotatable bonds is 11. The summed E-state index contributed by atoms with van der Waals surface area (Å²) in [7, 11) is 1.45. The first-order valence-corrected chi connectivity index (χ1v) is 13.0. The number of thioether (sulfide) groups is 1. The molecule has 2 atom stereocenters. The van der Waals surface area contributed by atoms with E-state index in [1.54, 1.807) is 54.2 Å². The van der Waals surface area contributed by atoms with Gasteiger partial charge in [-0.25, -0.2) is 9.18 Å². The van der Waals surface area contributed by atoms with Gasteiger partial charge in [0.25, 0.3) is 0 Å². The van der Waals surface area contributed by atoms with Crippen molar-refractivity contribution in [2.45, 2.75) is 29.9 Å². The van der Waals surface area contributed by atoms with Crippen molar-refractivity contribution >= 4 is 40.8 Å². The summed E-state index contributed by atoms with van der Waals surface area (Å²) in [6.07, 6.45) is 3.29. The Kier molecular flexibility index (Phi) is 10.6. The number of hydrogen-bond acceptors (Lipinski definition) is 7. The second-order valence-electron chi connectivity index (χ2n) is 8.22.